The zero-order valence-electron chi connectivity index (χ0n) is 10.5. The Hall–Kier alpha value is -0.320. The summed E-state index contributed by atoms with van der Waals surface area (Å²) in [5.41, 5.74) is 0. The molecular weight excluding hydrogens is 240 g/mol. The number of likely N-dealkylation sites (tertiary alicyclic amines) is 1. The standard InChI is InChI=1S/C12H22N2O2.ClH/c1-10-3-2-5-14(8-10)12(15)7-11-9-16-6-4-13-11;/h10-11,13H,2-9H2,1H3;1H. The minimum absolute atomic E-state index is 0. The number of amides is 1. The van der Waals surface area contributed by atoms with E-state index < -0.39 is 0 Å². The van der Waals surface area contributed by atoms with Crippen LogP contribution in [0.3, 0.4) is 0 Å². The van der Waals surface area contributed by atoms with Crippen molar-refractivity contribution in [2.75, 3.05) is 32.8 Å². The summed E-state index contributed by atoms with van der Waals surface area (Å²) < 4.78 is 5.36. The number of morpholine rings is 1. The van der Waals surface area contributed by atoms with Crippen molar-refractivity contribution in [3.63, 3.8) is 0 Å². The van der Waals surface area contributed by atoms with Gasteiger partial charge in [0.1, 0.15) is 0 Å². The van der Waals surface area contributed by atoms with Crippen LogP contribution < -0.4 is 5.32 Å². The predicted molar refractivity (Wildman–Crippen MR) is 69.5 cm³/mol. The summed E-state index contributed by atoms with van der Waals surface area (Å²) in [4.78, 5) is 14.1. The molecule has 17 heavy (non-hydrogen) atoms. The third-order valence-corrected chi connectivity index (χ3v) is 3.43. The number of nitrogens with one attached hydrogen (secondary N) is 1. The summed E-state index contributed by atoms with van der Waals surface area (Å²) in [5.74, 6) is 0.947. The molecule has 2 unspecified atom stereocenters. The molecule has 0 aromatic carbocycles. The molecule has 0 radical (unpaired) electrons. The smallest absolute Gasteiger partial charge is 0.224 e. The first-order valence-electron chi connectivity index (χ1n) is 6.34. The van der Waals surface area contributed by atoms with Gasteiger partial charge in [-0.3, -0.25) is 4.79 Å². The molecule has 2 rings (SSSR count). The molecule has 2 fully saturated rings. The highest BCUT2D eigenvalue weighted by Crippen LogP contribution is 2.16. The normalized spacial score (nSPS) is 29.6. The molecule has 2 saturated heterocycles. The van der Waals surface area contributed by atoms with E-state index in [0.717, 1.165) is 32.7 Å². The number of carbonyl (C=O) groups is 1. The van der Waals surface area contributed by atoms with Crippen molar-refractivity contribution in [2.24, 2.45) is 5.92 Å². The molecule has 2 aliphatic heterocycles. The Bertz CT molecular complexity index is 245. The Labute approximate surface area is 109 Å². The maximum absolute atomic E-state index is 12.0. The summed E-state index contributed by atoms with van der Waals surface area (Å²) >= 11 is 0. The third kappa shape index (κ3) is 4.45. The van der Waals surface area contributed by atoms with Gasteiger partial charge in [0.05, 0.1) is 13.2 Å². The second-order valence-corrected chi connectivity index (χ2v) is 5.02. The van der Waals surface area contributed by atoms with Gasteiger partial charge in [0.2, 0.25) is 5.91 Å². The molecule has 1 amide bonds. The number of halogens is 1. The number of hydrogen-bond acceptors (Lipinski definition) is 3. The van der Waals surface area contributed by atoms with E-state index in [9.17, 15) is 4.79 Å². The summed E-state index contributed by atoms with van der Waals surface area (Å²) in [6.07, 6.45) is 3.00. The lowest BCUT2D eigenvalue weighted by Gasteiger charge is -2.33. The SMILES string of the molecule is CC1CCCN(C(=O)CC2COCCN2)C1.Cl. The van der Waals surface area contributed by atoms with Gasteiger partial charge in [0, 0.05) is 32.1 Å². The minimum Gasteiger partial charge on any atom is -0.378 e. The van der Waals surface area contributed by atoms with Gasteiger partial charge in [-0.2, -0.15) is 0 Å². The molecule has 0 spiro atoms. The zero-order valence-corrected chi connectivity index (χ0v) is 11.3. The van der Waals surface area contributed by atoms with E-state index in [1.807, 2.05) is 4.90 Å². The number of carbonyl (C=O) groups excluding carboxylic acids is 1. The first-order chi connectivity index (χ1) is 7.75. The van der Waals surface area contributed by atoms with Gasteiger partial charge in [-0.15, -0.1) is 12.4 Å². The second-order valence-electron chi connectivity index (χ2n) is 5.02. The molecule has 5 heteroatoms. The lowest BCUT2D eigenvalue weighted by atomic mass is 9.99. The van der Waals surface area contributed by atoms with Gasteiger partial charge in [-0.1, -0.05) is 6.92 Å². The Morgan fingerprint density at radius 1 is 1.53 bits per heavy atom. The highest BCUT2D eigenvalue weighted by atomic mass is 35.5. The van der Waals surface area contributed by atoms with Gasteiger partial charge in [-0.05, 0) is 18.8 Å². The van der Waals surface area contributed by atoms with Crippen molar-refractivity contribution >= 4 is 18.3 Å². The van der Waals surface area contributed by atoms with Gasteiger partial charge < -0.3 is 15.0 Å². The Morgan fingerprint density at radius 2 is 2.35 bits per heavy atom. The molecule has 0 bridgehead atoms. The lowest BCUT2D eigenvalue weighted by Crippen LogP contribution is -2.46. The quantitative estimate of drug-likeness (QED) is 0.809. The molecule has 0 aliphatic carbocycles. The van der Waals surface area contributed by atoms with E-state index in [1.165, 1.54) is 6.42 Å². The van der Waals surface area contributed by atoms with Crippen molar-refractivity contribution in [2.45, 2.75) is 32.2 Å². The highest BCUT2D eigenvalue weighted by molar-refractivity contribution is 5.85. The van der Waals surface area contributed by atoms with E-state index in [1.54, 1.807) is 0 Å². The molecule has 2 heterocycles. The Balaban J connectivity index is 0.00000144. The van der Waals surface area contributed by atoms with Crippen molar-refractivity contribution in [1.82, 2.24) is 10.2 Å². The predicted octanol–water partition coefficient (Wildman–Crippen LogP) is 1.05. The van der Waals surface area contributed by atoms with Crippen LogP contribution in [0.5, 0.6) is 0 Å². The average Bonchev–Trinajstić information content (AvgIpc) is 2.30. The maximum atomic E-state index is 12.0. The van der Waals surface area contributed by atoms with Crippen molar-refractivity contribution in [3.8, 4) is 0 Å². The second kappa shape index (κ2) is 7.19. The number of ether oxygens (including phenoxy) is 1. The summed E-state index contributed by atoms with van der Waals surface area (Å²) in [6, 6.07) is 0.221. The highest BCUT2D eigenvalue weighted by Gasteiger charge is 2.24. The van der Waals surface area contributed by atoms with Crippen LogP contribution in [0.1, 0.15) is 26.2 Å². The van der Waals surface area contributed by atoms with Crippen LogP contribution in [0.25, 0.3) is 0 Å². The van der Waals surface area contributed by atoms with E-state index in [4.69, 9.17) is 4.74 Å². The molecule has 0 aromatic heterocycles. The van der Waals surface area contributed by atoms with E-state index in [-0.39, 0.29) is 24.4 Å². The van der Waals surface area contributed by atoms with E-state index in [0.29, 0.717) is 18.9 Å². The Kier molecular flexibility index (Phi) is 6.23. The monoisotopic (exact) mass is 262 g/mol. The lowest BCUT2D eigenvalue weighted by molar-refractivity contribution is -0.134. The molecule has 1 N–H and O–H groups in total. The number of nitrogens with zero attached hydrogens (tertiary/aromatic N) is 1. The average molecular weight is 263 g/mol. The fraction of sp³-hybridized carbons (Fsp3) is 0.917. The topological polar surface area (TPSA) is 41.6 Å². The number of rotatable bonds is 2. The number of hydrogen-bond donors (Lipinski definition) is 1. The molecule has 100 valence electrons. The molecule has 0 saturated carbocycles. The first-order valence-corrected chi connectivity index (χ1v) is 6.34. The molecule has 0 aromatic rings. The van der Waals surface area contributed by atoms with E-state index >= 15 is 0 Å². The van der Waals surface area contributed by atoms with Gasteiger partial charge in [-0.25, -0.2) is 0 Å². The first kappa shape index (κ1) is 14.7. The molecule has 4 nitrogen and oxygen atoms in total. The summed E-state index contributed by atoms with van der Waals surface area (Å²) in [7, 11) is 0. The fourth-order valence-corrected chi connectivity index (χ4v) is 2.51. The fourth-order valence-electron chi connectivity index (χ4n) is 2.51. The van der Waals surface area contributed by atoms with Crippen molar-refractivity contribution in [1.29, 1.82) is 0 Å². The van der Waals surface area contributed by atoms with Crippen LogP contribution in [-0.2, 0) is 9.53 Å². The van der Waals surface area contributed by atoms with Crippen molar-refractivity contribution in [3.05, 3.63) is 0 Å². The van der Waals surface area contributed by atoms with Gasteiger partial charge in [0.15, 0.2) is 0 Å². The number of piperidine rings is 1. The van der Waals surface area contributed by atoms with Crippen LogP contribution in [0, 0.1) is 5.92 Å². The minimum atomic E-state index is 0. The molecular formula is C12H23ClN2O2. The van der Waals surface area contributed by atoms with Crippen LogP contribution in [0.2, 0.25) is 0 Å². The van der Waals surface area contributed by atoms with Crippen LogP contribution in [0.4, 0.5) is 0 Å². The van der Waals surface area contributed by atoms with Crippen molar-refractivity contribution < 1.29 is 9.53 Å². The summed E-state index contributed by atoms with van der Waals surface area (Å²) in [6.45, 7) is 6.42. The summed E-state index contributed by atoms with van der Waals surface area (Å²) in [5, 5.41) is 3.33. The van der Waals surface area contributed by atoms with Crippen LogP contribution in [0.15, 0.2) is 0 Å². The molecule has 2 aliphatic rings. The molecule has 2 atom stereocenters. The maximum Gasteiger partial charge on any atom is 0.224 e. The van der Waals surface area contributed by atoms with Gasteiger partial charge in [0.25, 0.3) is 0 Å². The van der Waals surface area contributed by atoms with Gasteiger partial charge >= 0.3 is 0 Å². The Morgan fingerprint density at radius 3 is 3.00 bits per heavy atom. The van der Waals surface area contributed by atoms with Crippen LogP contribution >= 0.6 is 12.4 Å². The van der Waals surface area contributed by atoms with E-state index in [2.05, 4.69) is 12.2 Å². The largest absolute Gasteiger partial charge is 0.378 e. The van der Waals surface area contributed by atoms with Crippen LogP contribution in [-0.4, -0.2) is 49.7 Å². The zero-order chi connectivity index (χ0) is 11.4. The third-order valence-electron chi connectivity index (χ3n) is 3.43.